The van der Waals surface area contributed by atoms with E-state index in [1.807, 2.05) is 0 Å². The minimum Gasteiger partial charge on any atom is -0.480 e. The number of carbonyl (C=O) groups is 4. The third-order valence-corrected chi connectivity index (χ3v) is 1.32. The Hall–Kier alpha value is -2.36. The largest absolute Gasteiger partial charge is 0.480 e. The zero-order chi connectivity index (χ0) is 14.7. The Balaban J connectivity index is 0. The number of nitrogens with two attached hydrogens (primary N) is 2. The van der Waals surface area contributed by atoms with Gasteiger partial charge in [-0.05, 0) is 0 Å². The van der Waals surface area contributed by atoms with Crippen LogP contribution in [0.25, 0.3) is 0 Å². The Morgan fingerprint density at radius 1 is 1.06 bits per heavy atom. The lowest BCUT2D eigenvalue weighted by atomic mass is 10.5. The van der Waals surface area contributed by atoms with E-state index in [1.54, 1.807) is 0 Å². The SMILES string of the molecule is CN(CC(=O)O)C(N)=O.NC(=O)CNCC(=O)O. The van der Waals surface area contributed by atoms with Gasteiger partial charge in [-0.3, -0.25) is 19.7 Å². The molecule has 10 nitrogen and oxygen atoms in total. The van der Waals surface area contributed by atoms with Crippen LogP contribution in [0.2, 0.25) is 0 Å². The average molecular weight is 264 g/mol. The maximum absolute atomic E-state index is 10.1. The van der Waals surface area contributed by atoms with E-state index in [2.05, 4.69) is 11.1 Å². The summed E-state index contributed by atoms with van der Waals surface area (Å²) in [6.07, 6.45) is 0. The number of carbonyl (C=O) groups excluding carboxylic acids is 2. The lowest BCUT2D eigenvalue weighted by molar-refractivity contribution is -0.137. The van der Waals surface area contributed by atoms with Crippen LogP contribution in [0.1, 0.15) is 0 Å². The molecule has 0 aromatic heterocycles. The molecule has 0 bridgehead atoms. The predicted molar refractivity (Wildman–Crippen MR) is 59.5 cm³/mol. The number of rotatable bonds is 6. The molecule has 0 unspecified atom stereocenters. The fourth-order valence-electron chi connectivity index (χ4n) is 0.573. The van der Waals surface area contributed by atoms with E-state index in [4.69, 9.17) is 15.9 Å². The van der Waals surface area contributed by atoms with E-state index in [0.29, 0.717) is 0 Å². The second-order valence-electron chi connectivity index (χ2n) is 3.05. The molecule has 0 rings (SSSR count). The molecular weight excluding hydrogens is 248 g/mol. The highest BCUT2D eigenvalue weighted by atomic mass is 16.4. The first-order valence-electron chi connectivity index (χ1n) is 4.60. The molecule has 3 amide bonds. The van der Waals surface area contributed by atoms with Crippen molar-refractivity contribution in [2.75, 3.05) is 26.7 Å². The summed E-state index contributed by atoms with van der Waals surface area (Å²) in [4.78, 5) is 40.6. The number of aliphatic carboxylic acids is 2. The predicted octanol–water partition coefficient (Wildman–Crippen LogP) is -2.77. The van der Waals surface area contributed by atoms with Gasteiger partial charge in [-0.2, -0.15) is 0 Å². The highest BCUT2D eigenvalue weighted by molar-refractivity contribution is 5.78. The summed E-state index contributed by atoms with van der Waals surface area (Å²) in [7, 11) is 1.32. The van der Waals surface area contributed by atoms with Crippen LogP contribution in [-0.4, -0.2) is 65.7 Å². The number of carboxylic acids is 2. The summed E-state index contributed by atoms with van der Waals surface area (Å²) in [5, 5.41) is 18.4. The number of primary amides is 2. The smallest absolute Gasteiger partial charge is 0.323 e. The van der Waals surface area contributed by atoms with Crippen molar-refractivity contribution in [3.05, 3.63) is 0 Å². The molecule has 7 N–H and O–H groups in total. The van der Waals surface area contributed by atoms with Crippen LogP contribution < -0.4 is 16.8 Å². The minimum absolute atomic E-state index is 0.0910. The van der Waals surface area contributed by atoms with Gasteiger partial charge in [0, 0.05) is 7.05 Å². The Labute approximate surface area is 103 Å². The fraction of sp³-hybridized carbons (Fsp3) is 0.500. The number of carboxylic acid groups (broad SMARTS) is 2. The van der Waals surface area contributed by atoms with E-state index < -0.39 is 23.9 Å². The average Bonchev–Trinajstić information content (AvgIpc) is 2.15. The van der Waals surface area contributed by atoms with Gasteiger partial charge in [0.05, 0.1) is 13.1 Å². The molecule has 0 aliphatic heterocycles. The normalized spacial score (nSPS) is 8.72. The van der Waals surface area contributed by atoms with Gasteiger partial charge in [0.1, 0.15) is 6.54 Å². The fourth-order valence-corrected chi connectivity index (χ4v) is 0.573. The third kappa shape index (κ3) is 16.1. The van der Waals surface area contributed by atoms with Crippen molar-refractivity contribution in [3.8, 4) is 0 Å². The lowest BCUT2D eigenvalue weighted by Gasteiger charge is -2.08. The maximum atomic E-state index is 10.1. The van der Waals surface area contributed by atoms with E-state index in [0.717, 1.165) is 4.90 Å². The van der Waals surface area contributed by atoms with Crippen molar-refractivity contribution in [3.63, 3.8) is 0 Å². The molecule has 0 aromatic rings. The van der Waals surface area contributed by atoms with Gasteiger partial charge < -0.3 is 26.6 Å². The lowest BCUT2D eigenvalue weighted by Crippen LogP contribution is -2.35. The van der Waals surface area contributed by atoms with E-state index in [-0.39, 0.29) is 19.6 Å². The van der Waals surface area contributed by atoms with Crippen molar-refractivity contribution >= 4 is 23.9 Å². The van der Waals surface area contributed by atoms with Crippen LogP contribution in [0, 0.1) is 0 Å². The first kappa shape index (κ1) is 18.0. The molecule has 0 saturated heterocycles. The Bertz CT molecular complexity index is 305. The Morgan fingerprint density at radius 2 is 1.56 bits per heavy atom. The van der Waals surface area contributed by atoms with Crippen LogP contribution in [0.15, 0.2) is 0 Å². The number of hydrogen-bond acceptors (Lipinski definition) is 5. The van der Waals surface area contributed by atoms with Gasteiger partial charge in [0.25, 0.3) is 0 Å². The van der Waals surface area contributed by atoms with E-state index in [1.165, 1.54) is 7.05 Å². The van der Waals surface area contributed by atoms with Gasteiger partial charge in [-0.25, -0.2) is 4.79 Å². The number of hydrogen-bond donors (Lipinski definition) is 5. The summed E-state index contributed by atoms with van der Waals surface area (Å²) >= 11 is 0. The Morgan fingerprint density at radius 3 is 1.78 bits per heavy atom. The minimum atomic E-state index is -1.07. The standard InChI is InChI=1S/2C4H8N2O3/c1-6(4(5)9)2-3(7)8;5-3(7)1-6-2-4(8)9/h2H2,1H3,(H2,5,9)(H,7,8);6H,1-2H2,(H2,5,7)(H,8,9). The second-order valence-corrected chi connectivity index (χ2v) is 3.05. The van der Waals surface area contributed by atoms with Crippen LogP contribution >= 0.6 is 0 Å². The van der Waals surface area contributed by atoms with Gasteiger partial charge in [-0.1, -0.05) is 0 Å². The van der Waals surface area contributed by atoms with Gasteiger partial charge in [0.15, 0.2) is 0 Å². The molecule has 10 heteroatoms. The highest BCUT2D eigenvalue weighted by Gasteiger charge is 2.05. The molecule has 0 saturated carbocycles. The Kier molecular flexibility index (Phi) is 9.85. The van der Waals surface area contributed by atoms with Crippen molar-refractivity contribution in [1.29, 1.82) is 0 Å². The number of urea groups is 1. The van der Waals surface area contributed by atoms with Crippen LogP contribution in [0.4, 0.5) is 4.79 Å². The molecule has 0 radical (unpaired) electrons. The van der Waals surface area contributed by atoms with Crippen molar-refractivity contribution in [2.24, 2.45) is 11.5 Å². The quantitative estimate of drug-likeness (QED) is 0.344. The maximum Gasteiger partial charge on any atom is 0.323 e. The summed E-state index contributed by atoms with van der Waals surface area (Å²) in [6.45, 7) is -0.676. The summed E-state index contributed by atoms with van der Waals surface area (Å²) in [5.41, 5.74) is 9.39. The molecule has 0 spiro atoms. The van der Waals surface area contributed by atoms with Crippen molar-refractivity contribution in [2.45, 2.75) is 0 Å². The molecule has 0 fully saturated rings. The van der Waals surface area contributed by atoms with Gasteiger partial charge in [0.2, 0.25) is 5.91 Å². The first-order valence-corrected chi connectivity index (χ1v) is 4.60. The van der Waals surface area contributed by atoms with Crippen molar-refractivity contribution in [1.82, 2.24) is 10.2 Å². The van der Waals surface area contributed by atoms with Crippen LogP contribution in [0.5, 0.6) is 0 Å². The number of nitrogens with one attached hydrogen (secondary N) is 1. The third-order valence-electron chi connectivity index (χ3n) is 1.32. The molecule has 0 atom stereocenters. The number of nitrogens with zero attached hydrogens (tertiary/aromatic N) is 1. The summed E-state index contributed by atoms with van der Waals surface area (Å²) in [5.74, 6) is -2.64. The molecular formula is C8H16N4O6. The second kappa shape index (κ2) is 9.84. The molecule has 0 aliphatic rings. The molecule has 0 aromatic carbocycles. The zero-order valence-corrected chi connectivity index (χ0v) is 9.75. The van der Waals surface area contributed by atoms with E-state index in [9.17, 15) is 19.2 Å². The molecule has 0 heterocycles. The molecule has 0 aliphatic carbocycles. The molecule has 18 heavy (non-hydrogen) atoms. The zero-order valence-electron chi connectivity index (χ0n) is 9.75. The van der Waals surface area contributed by atoms with Crippen LogP contribution in [-0.2, 0) is 14.4 Å². The van der Waals surface area contributed by atoms with Crippen LogP contribution in [0.3, 0.4) is 0 Å². The summed E-state index contributed by atoms with van der Waals surface area (Å²) in [6, 6.07) is -0.739. The van der Waals surface area contributed by atoms with E-state index >= 15 is 0 Å². The highest BCUT2D eigenvalue weighted by Crippen LogP contribution is 1.78. The van der Waals surface area contributed by atoms with Crippen molar-refractivity contribution < 1.29 is 29.4 Å². The van der Waals surface area contributed by atoms with Gasteiger partial charge in [-0.15, -0.1) is 0 Å². The number of amides is 3. The summed E-state index contributed by atoms with van der Waals surface area (Å²) < 4.78 is 0. The molecule has 104 valence electrons. The first-order chi connectivity index (χ1) is 8.16. The van der Waals surface area contributed by atoms with Gasteiger partial charge >= 0.3 is 18.0 Å². The topological polar surface area (TPSA) is 176 Å². The monoisotopic (exact) mass is 264 g/mol. The number of likely N-dealkylation sites (N-methyl/N-ethyl adjacent to an activating group) is 1.